The van der Waals surface area contributed by atoms with Crippen molar-refractivity contribution in [2.24, 2.45) is 0 Å². The molecule has 0 spiro atoms. The first-order valence-corrected chi connectivity index (χ1v) is 7.56. The molecule has 21 heavy (non-hydrogen) atoms. The van der Waals surface area contributed by atoms with E-state index < -0.39 is 0 Å². The number of anilines is 1. The molecule has 1 aliphatic carbocycles. The third-order valence-corrected chi connectivity index (χ3v) is 4.19. The van der Waals surface area contributed by atoms with E-state index in [2.05, 4.69) is 16.4 Å². The largest absolute Gasteiger partial charge is 0.365 e. The highest BCUT2D eigenvalue weighted by atomic mass is 35.5. The molecule has 3 nitrogen and oxygen atoms in total. The summed E-state index contributed by atoms with van der Waals surface area (Å²) in [7, 11) is 0. The fraction of sp³-hybridized carbons (Fsp3) is 0.294. The zero-order chi connectivity index (χ0) is 14.7. The second-order valence-electron chi connectivity index (χ2n) is 5.25. The molecule has 0 fully saturated rings. The summed E-state index contributed by atoms with van der Waals surface area (Å²) in [5.41, 5.74) is 3.97. The van der Waals surface area contributed by atoms with E-state index in [1.54, 1.807) is 0 Å². The summed E-state index contributed by atoms with van der Waals surface area (Å²) in [6, 6.07) is 11.9. The van der Waals surface area contributed by atoms with Crippen LogP contribution in [0.3, 0.4) is 0 Å². The standard InChI is InChI=1S/C17H16ClN3/c18-15-7-3-1-6-13(15)11-20-17-14(10-19)9-12-5-2-4-8-16(12)21-17/h1,3,6-7,9H,2,4-5,8,11H2,(H,20,21). The van der Waals surface area contributed by atoms with Crippen molar-refractivity contribution in [2.75, 3.05) is 5.32 Å². The number of halogens is 1. The van der Waals surface area contributed by atoms with Gasteiger partial charge in [-0.15, -0.1) is 0 Å². The van der Waals surface area contributed by atoms with Crippen LogP contribution in [0.5, 0.6) is 0 Å². The normalized spacial score (nSPS) is 13.3. The first-order valence-electron chi connectivity index (χ1n) is 7.18. The van der Waals surface area contributed by atoms with Crippen molar-refractivity contribution in [1.29, 1.82) is 5.26 Å². The molecule has 1 heterocycles. The van der Waals surface area contributed by atoms with Gasteiger partial charge in [-0.2, -0.15) is 5.26 Å². The van der Waals surface area contributed by atoms with E-state index in [9.17, 15) is 5.26 Å². The average molecular weight is 298 g/mol. The van der Waals surface area contributed by atoms with Crippen molar-refractivity contribution in [3.8, 4) is 6.07 Å². The highest BCUT2D eigenvalue weighted by molar-refractivity contribution is 6.31. The molecule has 0 bridgehead atoms. The Morgan fingerprint density at radius 3 is 2.86 bits per heavy atom. The van der Waals surface area contributed by atoms with E-state index in [4.69, 9.17) is 11.6 Å². The first-order chi connectivity index (χ1) is 10.3. The molecule has 1 N–H and O–H groups in total. The Kier molecular flexibility index (Phi) is 4.08. The van der Waals surface area contributed by atoms with Crippen LogP contribution in [0.15, 0.2) is 30.3 Å². The van der Waals surface area contributed by atoms with E-state index >= 15 is 0 Å². The van der Waals surface area contributed by atoms with Crippen LogP contribution < -0.4 is 5.32 Å². The molecule has 0 amide bonds. The van der Waals surface area contributed by atoms with E-state index in [1.807, 2.05) is 30.3 Å². The number of benzene rings is 1. The van der Waals surface area contributed by atoms with Crippen molar-refractivity contribution >= 4 is 17.4 Å². The summed E-state index contributed by atoms with van der Waals surface area (Å²) in [6.07, 6.45) is 4.39. The van der Waals surface area contributed by atoms with Crippen LogP contribution in [-0.4, -0.2) is 4.98 Å². The average Bonchev–Trinajstić information content (AvgIpc) is 2.53. The van der Waals surface area contributed by atoms with Crippen LogP contribution in [0.25, 0.3) is 0 Å². The number of nitrogens with one attached hydrogen (secondary N) is 1. The molecule has 4 heteroatoms. The van der Waals surface area contributed by atoms with Crippen LogP contribution in [0, 0.1) is 11.3 Å². The lowest BCUT2D eigenvalue weighted by Gasteiger charge is -2.17. The summed E-state index contributed by atoms with van der Waals surface area (Å²) < 4.78 is 0. The van der Waals surface area contributed by atoms with Gasteiger partial charge in [0.1, 0.15) is 11.9 Å². The third kappa shape index (κ3) is 3.01. The Morgan fingerprint density at radius 1 is 1.24 bits per heavy atom. The maximum atomic E-state index is 9.32. The lowest BCUT2D eigenvalue weighted by molar-refractivity contribution is 0.668. The molecule has 1 aromatic carbocycles. The Hall–Kier alpha value is -2.05. The molecular weight excluding hydrogens is 282 g/mol. The van der Waals surface area contributed by atoms with Crippen LogP contribution in [-0.2, 0) is 19.4 Å². The van der Waals surface area contributed by atoms with Crippen LogP contribution in [0.4, 0.5) is 5.82 Å². The number of fused-ring (bicyclic) bond motifs is 1. The minimum Gasteiger partial charge on any atom is -0.365 e. The molecule has 0 aliphatic heterocycles. The number of aryl methyl sites for hydroxylation is 2. The molecule has 1 aromatic heterocycles. The number of hydrogen-bond acceptors (Lipinski definition) is 3. The van der Waals surface area contributed by atoms with Gasteiger partial charge in [-0.05, 0) is 48.9 Å². The van der Waals surface area contributed by atoms with Crippen LogP contribution in [0.2, 0.25) is 5.02 Å². The SMILES string of the molecule is N#Cc1cc2c(nc1NCc1ccccc1Cl)CCCC2. The predicted molar refractivity (Wildman–Crippen MR) is 84.4 cm³/mol. The minimum absolute atomic E-state index is 0.570. The molecule has 3 rings (SSSR count). The fourth-order valence-corrected chi connectivity index (χ4v) is 2.88. The monoisotopic (exact) mass is 297 g/mol. The van der Waals surface area contributed by atoms with Gasteiger partial charge in [-0.3, -0.25) is 0 Å². The van der Waals surface area contributed by atoms with E-state index in [0.717, 1.165) is 29.1 Å². The topological polar surface area (TPSA) is 48.7 Å². The van der Waals surface area contributed by atoms with Gasteiger partial charge in [0.2, 0.25) is 0 Å². The second kappa shape index (κ2) is 6.15. The van der Waals surface area contributed by atoms with Gasteiger partial charge in [0.05, 0.1) is 5.56 Å². The molecule has 106 valence electrons. The summed E-state index contributed by atoms with van der Waals surface area (Å²) in [5.74, 6) is 0.665. The van der Waals surface area contributed by atoms with Crippen molar-refractivity contribution in [3.63, 3.8) is 0 Å². The fourth-order valence-electron chi connectivity index (χ4n) is 2.67. The van der Waals surface area contributed by atoms with Crippen LogP contribution in [0.1, 0.15) is 35.2 Å². The predicted octanol–water partition coefficient (Wildman–Crippen LogP) is 4.10. The highest BCUT2D eigenvalue weighted by Gasteiger charge is 2.15. The first kappa shape index (κ1) is 13.9. The van der Waals surface area contributed by atoms with Gasteiger partial charge in [0.15, 0.2) is 0 Å². The van der Waals surface area contributed by atoms with Gasteiger partial charge in [-0.1, -0.05) is 29.8 Å². The number of aromatic nitrogens is 1. The molecule has 0 unspecified atom stereocenters. The van der Waals surface area contributed by atoms with Gasteiger partial charge in [0, 0.05) is 17.3 Å². The summed E-state index contributed by atoms with van der Waals surface area (Å²) >= 11 is 6.15. The minimum atomic E-state index is 0.570. The molecule has 0 saturated carbocycles. The number of rotatable bonds is 3. The van der Waals surface area contributed by atoms with Gasteiger partial charge < -0.3 is 5.32 Å². The van der Waals surface area contributed by atoms with Gasteiger partial charge in [0.25, 0.3) is 0 Å². The zero-order valence-corrected chi connectivity index (χ0v) is 12.5. The summed E-state index contributed by atoms with van der Waals surface area (Å²) in [6.45, 7) is 0.570. The molecular formula is C17H16ClN3. The maximum absolute atomic E-state index is 9.32. The van der Waals surface area contributed by atoms with Crippen molar-refractivity contribution in [1.82, 2.24) is 4.98 Å². The lowest BCUT2D eigenvalue weighted by atomic mass is 9.95. The smallest absolute Gasteiger partial charge is 0.144 e. The second-order valence-corrected chi connectivity index (χ2v) is 5.66. The number of nitrogens with zero attached hydrogens (tertiary/aromatic N) is 2. The van der Waals surface area contributed by atoms with Gasteiger partial charge >= 0.3 is 0 Å². The van der Waals surface area contributed by atoms with E-state index in [1.165, 1.54) is 18.4 Å². The molecule has 1 aliphatic rings. The molecule has 0 radical (unpaired) electrons. The Balaban J connectivity index is 1.85. The van der Waals surface area contributed by atoms with Gasteiger partial charge in [-0.25, -0.2) is 4.98 Å². The molecule has 0 saturated heterocycles. The third-order valence-electron chi connectivity index (χ3n) is 3.83. The Morgan fingerprint density at radius 2 is 2.05 bits per heavy atom. The van der Waals surface area contributed by atoms with E-state index in [0.29, 0.717) is 17.9 Å². The van der Waals surface area contributed by atoms with E-state index in [-0.39, 0.29) is 0 Å². The Bertz CT molecular complexity index is 704. The summed E-state index contributed by atoms with van der Waals surface area (Å²) in [4.78, 5) is 4.65. The van der Waals surface area contributed by atoms with Crippen molar-refractivity contribution in [2.45, 2.75) is 32.2 Å². The van der Waals surface area contributed by atoms with Crippen molar-refractivity contribution < 1.29 is 0 Å². The number of hydrogen-bond donors (Lipinski definition) is 1. The molecule has 0 atom stereocenters. The molecule has 2 aromatic rings. The lowest BCUT2D eigenvalue weighted by Crippen LogP contribution is -2.11. The van der Waals surface area contributed by atoms with Crippen LogP contribution >= 0.6 is 11.6 Å². The highest BCUT2D eigenvalue weighted by Crippen LogP contribution is 2.25. The number of pyridine rings is 1. The number of nitriles is 1. The Labute approximate surface area is 129 Å². The maximum Gasteiger partial charge on any atom is 0.144 e. The van der Waals surface area contributed by atoms with Crippen molar-refractivity contribution in [3.05, 3.63) is 57.7 Å². The quantitative estimate of drug-likeness (QED) is 0.928. The summed E-state index contributed by atoms with van der Waals surface area (Å²) in [5, 5.41) is 13.3. The zero-order valence-electron chi connectivity index (χ0n) is 11.7.